The summed E-state index contributed by atoms with van der Waals surface area (Å²) in [6, 6.07) is 23.2. The summed E-state index contributed by atoms with van der Waals surface area (Å²) in [6.45, 7) is 0.0570. The van der Waals surface area contributed by atoms with E-state index in [0.717, 1.165) is 5.56 Å². The van der Waals surface area contributed by atoms with E-state index < -0.39 is 5.97 Å². The fourth-order valence-electron chi connectivity index (χ4n) is 4.02. The third-order valence-electron chi connectivity index (χ3n) is 6.07. The van der Waals surface area contributed by atoms with Gasteiger partial charge in [0, 0.05) is 34.2 Å². The number of carbonyl (C=O) groups excluding carboxylic acids is 1. The molecule has 0 saturated heterocycles. The lowest BCUT2D eigenvalue weighted by Gasteiger charge is -2.10. The van der Waals surface area contributed by atoms with Gasteiger partial charge in [-0.3, -0.25) is 4.79 Å². The number of carboxylic acid groups (broad SMARTS) is 1. The molecule has 9 heteroatoms. The summed E-state index contributed by atoms with van der Waals surface area (Å²) >= 11 is 13.5. The fraction of sp³-hybridized carbons (Fsp3) is 0.0333. The quantitative estimate of drug-likeness (QED) is 0.204. The molecule has 5 rings (SSSR count). The average Bonchev–Trinajstić information content (AvgIpc) is 3.44. The van der Waals surface area contributed by atoms with Crippen LogP contribution in [-0.4, -0.2) is 22.0 Å². The molecule has 0 fully saturated rings. The Bertz CT molecular complexity index is 1700. The first kappa shape index (κ1) is 26.6. The van der Waals surface area contributed by atoms with Crippen LogP contribution in [0.3, 0.4) is 0 Å². The largest absolute Gasteiger partial charge is 0.478 e. The number of thiazole rings is 1. The van der Waals surface area contributed by atoms with Crippen molar-refractivity contribution in [3.63, 3.8) is 0 Å². The molecule has 194 valence electrons. The molecule has 2 N–H and O–H groups in total. The smallest absolute Gasteiger partial charge is 0.336 e. The minimum absolute atomic E-state index is 0.0570. The maximum atomic E-state index is 13.8. The maximum absolute atomic E-state index is 13.8. The number of hydrogen-bond donors (Lipinski definition) is 2. The fourth-order valence-corrected chi connectivity index (χ4v) is 5.15. The lowest BCUT2D eigenvalue weighted by Crippen LogP contribution is -2.23. The number of benzene rings is 4. The molecule has 1 heterocycles. The molecule has 4 aromatic carbocycles. The number of nitrogens with one attached hydrogen (secondary N) is 1. The molecule has 0 radical (unpaired) electrons. The summed E-state index contributed by atoms with van der Waals surface area (Å²) in [5.74, 6) is -1.83. The van der Waals surface area contributed by atoms with Crippen LogP contribution in [0.25, 0.3) is 33.0 Å². The molecule has 0 unspecified atom stereocenters. The Kier molecular flexibility index (Phi) is 7.74. The van der Waals surface area contributed by atoms with E-state index in [0.29, 0.717) is 48.6 Å². The van der Waals surface area contributed by atoms with Gasteiger partial charge in [0.05, 0.1) is 21.3 Å². The molecule has 1 aromatic heterocycles. The first-order valence-corrected chi connectivity index (χ1v) is 13.3. The standard InChI is InChI=1S/C30H19Cl2FN2O3S/c31-24-12-10-19(14-25(24)32)27-16-39-29(35-27)20-9-11-22(23(13-20)30(37)38)17-5-7-18(8-6-17)28(36)34-15-21-3-1-2-4-26(21)33/h1-14,16H,15H2,(H,34,36)(H,37,38). The maximum Gasteiger partial charge on any atom is 0.336 e. The van der Waals surface area contributed by atoms with Crippen molar-refractivity contribution in [2.24, 2.45) is 0 Å². The molecular weight excluding hydrogens is 558 g/mol. The molecule has 5 aromatic rings. The second-order valence-electron chi connectivity index (χ2n) is 8.58. The van der Waals surface area contributed by atoms with Crippen molar-refractivity contribution in [2.45, 2.75) is 6.54 Å². The van der Waals surface area contributed by atoms with E-state index in [-0.39, 0.29) is 23.8 Å². The summed E-state index contributed by atoms with van der Waals surface area (Å²) in [5.41, 5.74) is 4.19. The van der Waals surface area contributed by atoms with Gasteiger partial charge in [-0.1, -0.05) is 71.7 Å². The normalized spacial score (nSPS) is 10.8. The van der Waals surface area contributed by atoms with Gasteiger partial charge in [-0.25, -0.2) is 14.2 Å². The van der Waals surface area contributed by atoms with Gasteiger partial charge < -0.3 is 10.4 Å². The first-order valence-electron chi connectivity index (χ1n) is 11.7. The number of aromatic carboxylic acids is 1. The Labute approximate surface area is 237 Å². The second kappa shape index (κ2) is 11.4. The number of amides is 1. The molecular formula is C30H19Cl2FN2O3S. The number of halogens is 3. The third-order valence-corrected chi connectivity index (χ3v) is 7.70. The predicted octanol–water partition coefficient (Wildman–Crippen LogP) is 8.22. The van der Waals surface area contributed by atoms with Crippen molar-refractivity contribution in [3.05, 3.63) is 123 Å². The number of nitrogens with zero attached hydrogens (tertiary/aromatic N) is 1. The lowest BCUT2D eigenvalue weighted by atomic mass is 9.96. The van der Waals surface area contributed by atoms with Crippen LogP contribution in [0.5, 0.6) is 0 Å². The second-order valence-corrected chi connectivity index (χ2v) is 10.3. The van der Waals surface area contributed by atoms with Crippen LogP contribution in [0.4, 0.5) is 4.39 Å². The lowest BCUT2D eigenvalue weighted by molar-refractivity contribution is 0.0697. The molecule has 5 nitrogen and oxygen atoms in total. The van der Waals surface area contributed by atoms with Crippen molar-refractivity contribution < 1.29 is 19.1 Å². The van der Waals surface area contributed by atoms with Crippen LogP contribution in [0.2, 0.25) is 10.0 Å². The van der Waals surface area contributed by atoms with Gasteiger partial charge in [0.25, 0.3) is 5.91 Å². The van der Waals surface area contributed by atoms with Crippen molar-refractivity contribution in [1.82, 2.24) is 10.3 Å². The number of carbonyl (C=O) groups is 2. The Morgan fingerprint density at radius 2 is 1.59 bits per heavy atom. The topological polar surface area (TPSA) is 79.3 Å². The number of hydrogen-bond acceptors (Lipinski definition) is 4. The van der Waals surface area contributed by atoms with Gasteiger partial charge in [0.15, 0.2) is 0 Å². The van der Waals surface area contributed by atoms with Crippen molar-refractivity contribution in [2.75, 3.05) is 0 Å². The van der Waals surface area contributed by atoms with E-state index >= 15 is 0 Å². The Hall–Kier alpha value is -4.04. The van der Waals surface area contributed by atoms with Gasteiger partial charge >= 0.3 is 5.97 Å². The third kappa shape index (κ3) is 5.86. The molecule has 0 saturated carbocycles. The summed E-state index contributed by atoms with van der Waals surface area (Å²) in [6.07, 6.45) is 0. The zero-order chi connectivity index (χ0) is 27.5. The van der Waals surface area contributed by atoms with Gasteiger partial charge in [-0.15, -0.1) is 11.3 Å². The number of carboxylic acids is 1. The van der Waals surface area contributed by atoms with Crippen LogP contribution < -0.4 is 5.32 Å². The summed E-state index contributed by atoms with van der Waals surface area (Å²) in [4.78, 5) is 29.4. The van der Waals surface area contributed by atoms with Crippen LogP contribution in [-0.2, 0) is 6.54 Å². The molecule has 0 atom stereocenters. The highest BCUT2D eigenvalue weighted by Crippen LogP contribution is 2.34. The van der Waals surface area contributed by atoms with E-state index in [4.69, 9.17) is 23.2 Å². The monoisotopic (exact) mass is 576 g/mol. The van der Waals surface area contributed by atoms with Crippen LogP contribution >= 0.6 is 34.5 Å². The van der Waals surface area contributed by atoms with E-state index in [2.05, 4.69) is 10.3 Å². The number of aromatic nitrogens is 1. The Morgan fingerprint density at radius 3 is 2.31 bits per heavy atom. The Balaban J connectivity index is 1.36. The molecule has 0 aliphatic heterocycles. The van der Waals surface area contributed by atoms with Gasteiger partial charge in [0.2, 0.25) is 0 Å². The van der Waals surface area contributed by atoms with Crippen LogP contribution in [0, 0.1) is 5.82 Å². The minimum atomic E-state index is -1.08. The zero-order valence-electron chi connectivity index (χ0n) is 20.1. The SMILES string of the molecule is O=C(NCc1ccccc1F)c1ccc(-c2ccc(-c3nc(-c4ccc(Cl)c(Cl)c4)cs3)cc2C(=O)O)cc1. The molecule has 0 bridgehead atoms. The zero-order valence-corrected chi connectivity index (χ0v) is 22.4. The number of rotatable bonds is 7. The summed E-state index contributed by atoms with van der Waals surface area (Å²) in [7, 11) is 0. The van der Waals surface area contributed by atoms with E-state index in [1.807, 2.05) is 17.5 Å². The molecule has 39 heavy (non-hydrogen) atoms. The minimum Gasteiger partial charge on any atom is -0.478 e. The van der Waals surface area contributed by atoms with Crippen LogP contribution in [0.1, 0.15) is 26.3 Å². The van der Waals surface area contributed by atoms with Crippen molar-refractivity contribution in [1.29, 1.82) is 0 Å². The van der Waals surface area contributed by atoms with Crippen molar-refractivity contribution in [3.8, 4) is 33.0 Å². The summed E-state index contributed by atoms with van der Waals surface area (Å²) < 4.78 is 13.8. The van der Waals surface area contributed by atoms with E-state index in [1.165, 1.54) is 17.4 Å². The molecule has 0 spiro atoms. The highest BCUT2D eigenvalue weighted by atomic mass is 35.5. The van der Waals surface area contributed by atoms with E-state index in [1.54, 1.807) is 66.7 Å². The van der Waals surface area contributed by atoms with Gasteiger partial charge in [-0.2, -0.15) is 0 Å². The van der Waals surface area contributed by atoms with Gasteiger partial charge in [0.1, 0.15) is 10.8 Å². The molecule has 1 amide bonds. The highest BCUT2D eigenvalue weighted by Gasteiger charge is 2.16. The Morgan fingerprint density at radius 1 is 0.872 bits per heavy atom. The molecule has 0 aliphatic carbocycles. The van der Waals surface area contributed by atoms with Crippen LogP contribution in [0.15, 0.2) is 90.3 Å². The predicted molar refractivity (Wildman–Crippen MR) is 153 cm³/mol. The van der Waals surface area contributed by atoms with Gasteiger partial charge in [-0.05, 0) is 47.5 Å². The average molecular weight is 577 g/mol. The first-order chi connectivity index (χ1) is 18.8. The molecule has 0 aliphatic rings. The highest BCUT2D eigenvalue weighted by molar-refractivity contribution is 7.13. The summed E-state index contributed by atoms with van der Waals surface area (Å²) in [5, 5.41) is 16.1. The van der Waals surface area contributed by atoms with Crippen molar-refractivity contribution >= 4 is 46.4 Å². The van der Waals surface area contributed by atoms with E-state index in [9.17, 15) is 19.1 Å².